The number of aromatic nitrogens is 4. The molecule has 1 N–H and O–H groups in total. The molecule has 0 saturated heterocycles. The summed E-state index contributed by atoms with van der Waals surface area (Å²) in [6.45, 7) is 0. The molecule has 0 radical (unpaired) electrons. The number of carbonyl (C=O) groups excluding carboxylic acids is 1. The van der Waals surface area contributed by atoms with E-state index in [1.54, 1.807) is 23.7 Å². The summed E-state index contributed by atoms with van der Waals surface area (Å²) in [5.41, 5.74) is -0.776. The zero-order valence-corrected chi connectivity index (χ0v) is 21.6. The molecule has 0 saturated carbocycles. The predicted molar refractivity (Wildman–Crippen MR) is 139 cm³/mol. The molecule has 0 fully saturated rings. The number of benzene rings is 2. The van der Waals surface area contributed by atoms with Crippen LogP contribution in [0.2, 0.25) is 0 Å². The normalized spacial score (nSPS) is 11.0. The van der Waals surface area contributed by atoms with Crippen molar-refractivity contribution in [1.29, 1.82) is 0 Å². The van der Waals surface area contributed by atoms with Crippen LogP contribution in [0.4, 0.5) is 31.4 Å². The fourth-order valence-electron chi connectivity index (χ4n) is 3.81. The van der Waals surface area contributed by atoms with Crippen molar-refractivity contribution < 1.29 is 46.1 Å². The number of halogens is 7. The molecule has 41 heavy (non-hydrogen) atoms. The first-order chi connectivity index (χ1) is 18.6. The van der Waals surface area contributed by atoms with Gasteiger partial charge >= 0.3 is 12.1 Å². The Kier molecular flexibility index (Phi) is 8.98. The average Bonchev–Trinajstić information content (AvgIpc) is 3.64. The van der Waals surface area contributed by atoms with Crippen LogP contribution >= 0.6 is 22.7 Å². The highest BCUT2D eigenvalue weighted by atomic mass is 32.1. The van der Waals surface area contributed by atoms with Crippen molar-refractivity contribution in [2.75, 3.05) is 0 Å². The molecule has 6 aromatic rings. The zero-order valence-electron chi connectivity index (χ0n) is 20.0. The lowest BCUT2D eigenvalue weighted by molar-refractivity contribution is -0.0888. The van der Waals surface area contributed by atoms with Crippen molar-refractivity contribution in [3.05, 3.63) is 94.7 Å². The SMILES string of the molecule is F.F.O=C(O)c1c(-c2ccccc2F)nc2sccn12.O=C(c1c(-c2ccccc2F)nc2sccn12)C(F)(F)F. The maximum Gasteiger partial charge on any atom is 0.456 e. The van der Waals surface area contributed by atoms with Crippen LogP contribution in [0.3, 0.4) is 0 Å². The van der Waals surface area contributed by atoms with Gasteiger partial charge in [-0.25, -0.2) is 23.5 Å². The molecular formula is C25H15F7N4O3S2. The molecule has 0 atom stereocenters. The van der Waals surface area contributed by atoms with Crippen LogP contribution in [0.25, 0.3) is 32.4 Å². The number of nitrogens with zero attached hydrogens (tertiary/aromatic N) is 4. The highest BCUT2D eigenvalue weighted by molar-refractivity contribution is 7.15. The topological polar surface area (TPSA) is 89.0 Å². The van der Waals surface area contributed by atoms with Gasteiger partial charge in [0.2, 0.25) is 0 Å². The van der Waals surface area contributed by atoms with Gasteiger partial charge in [-0.1, -0.05) is 24.3 Å². The molecule has 2 aromatic carbocycles. The maximum atomic E-state index is 13.8. The Bertz CT molecular complexity index is 1860. The van der Waals surface area contributed by atoms with Gasteiger partial charge in [0.25, 0.3) is 5.78 Å². The van der Waals surface area contributed by atoms with E-state index in [2.05, 4.69) is 9.97 Å². The maximum absolute atomic E-state index is 13.8. The van der Waals surface area contributed by atoms with Gasteiger partial charge in [-0.2, -0.15) is 13.2 Å². The highest BCUT2D eigenvalue weighted by Gasteiger charge is 2.43. The largest absolute Gasteiger partial charge is 0.476 e. The number of hydrogen-bond donors (Lipinski definition) is 1. The van der Waals surface area contributed by atoms with Crippen molar-refractivity contribution in [2.45, 2.75) is 6.18 Å². The van der Waals surface area contributed by atoms with Crippen molar-refractivity contribution in [2.24, 2.45) is 0 Å². The first-order valence-electron chi connectivity index (χ1n) is 10.8. The summed E-state index contributed by atoms with van der Waals surface area (Å²) >= 11 is 2.37. The second-order valence-electron chi connectivity index (χ2n) is 7.82. The Labute approximate surface area is 232 Å². The molecule has 0 unspecified atom stereocenters. The molecule has 0 aliphatic heterocycles. The van der Waals surface area contributed by atoms with Gasteiger partial charge in [0.05, 0.1) is 0 Å². The van der Waals surface area contributed by atoms with Crippen molar-refractivity contribution >= 4 is 44.3 Å². The number of Topliss-reactive ketones (excluding diaryl/α,β-unsaturated/α-hetero) is 1. The number of aromatic carboxylic acids is 1. The molecule has 4 aromatic heterocycles. The number of alkyl halides is 3. The van der Waals surface area contributed by atoms with Crippen LogP contribution in [0, 0.1) is 11.6 Å². The molecule has 0 bridgehead atoms. The number of carbonyl (C=O) groups is 2. The number of ketones is 1. The Balaban J connectivity index is 0.000000217. The third-order valence-corrected chi connectivity index (χ3v) is 6.97. The van der Waals surface area contributed by atoms with E-state index in [1.807, 2.05) is 0 Å². The van der Waals surface area contributed by atoms with Gasteiger partial charge in [0.15, 0.2) is 15.6 Å². The Morgan fingerprint density at radius 2 is 1.15 bits per heavy atom. The summed E-state index contributed by atoms with van der Waals surface area (Å²) < 4.78 is 68.3. The van der Waals surface area contributed by atoms with Crippen LogP contribution in [-0.4, -0.2) is 41.8 Å². The van der Waals surface area contributed by atoms with Crippen molar-refractivity contribution in [3.8, 4) is 22.5 Å². The smallest absolute Gasteiger partial charge is 0.456 e. The molecule has 0 amide bonds. The van der Waals surface area contributed by atoms with Gasteiger partial charge < -0.3 is 5.11 Å². The number of carboxylic acid groups (broad SMARTS) is 1. The fourth-order valence-corrected chi connectivity index (χ4v) is 5.24. The third kappa shape index (κ3) is 5.69. The van der Waals surface area contributed by atoms with E-state index in [0.29, 0.717) is 4.96 Å². The minimum atomic E-state index is -5.06. The van der Waals surface area contributed by atoms with E-state index in [-0.39, 0.29) is 42.6 Å². The van der Waals surface area contributed by atoms with E-state index in [4.69, 9.17) is 0 Å². The number of carboxylic acids is 1. The number of fused-ring (bicyclic) bond motifs is 2. The van der Waals surface area contributed by atoms with E-state index in [1.165, 1.54) is 57.6 Å². The summed E-state index contributed by atoms with van der Waals surface area (Å²) in [4.78, 5) is 31.8. The summed E-state index contributed by atoms with van der Waals surface area (Å²) in [6.07, 6.45) is -2.14. The quantitative estimate of drug-likeness (QED) is 0.168. The van der Waals surface area contributed by atoms with Gasteiger partial charge in [-0.05, 0) is 24.3 Å². The van der Waals surface area contributed by atoms with E-state index < -0.39 is 35.3 Å². The third-order valence-electron chi connectivity index (χ3n) is 5.46. The van der Waals surface area contributed by atoms with E-state index in [0.717, 1.165) is 21.8 Å². The monoisotopic (exact) mass is 616 g/mol. The summed E-state index contributed by atoms with van der Waals surface area (Å²) in [5.74, 6) is -4.39. The van der Waals surface area contributed by atoms with Gasteiger partial charge in [-0.3, -0.25) is 23.0 Å². The minimum absolute atomic E-state index is 0. The molecule has 4 heterocycles. The molecule has 6 rings (SSSR count). The van der Waals surface area contributed by atoms with Crippen molar-refractivity contribution in [1.82, 2.24) is 18.8 Å². The standard InChI is InChI=1S/C13H6F4N2OS.C12H7FN2O2S.2FH/c14-8-4-2-1-3-7(8)9-10(11(20)13(15,16)17)19-5-6-21-12(19)18-9;13-8-4-2-1-3-7(8)9-10(11(16)17)15-5-6-18-12(15)14-9;;/h1-6H;1-6H,(H,16,17);2*1H. The van der Waals surface area contributed by atoms with Crippen LogP contribution < -0.4 is 0 Å². The van der Waals surface area contributed by atoms with Gasteiger partial charge in [-0.15, -0.1) is 22.7 Å². The lowest BCUT2D eigenvalue weighted by Crippen LogP contribution is -2.24. The summed E-state index contributed by atoms with van der Waals surface area (Å²) in [5, 5.41) is 12.5. The fraction of sp³-hybridized carbons (Fsp3) is 0.0400. The summed E-state index contributed by atoms with van der Waals surface area (Å²) in [6, 6.07) is 11.3. The molecule has 7 nitrogen and oxygen atoms in total. The van der Waals surface area contributed by atoms with Crippen LogP contribution in [0.1, 0.15) is 21.0 Å². The molecule has 0 aliphatic carbocycles. The zero-order chi connectivity index (χ0) is 27.9. The van der Waals surface area contributed by atoms with Crippen LogP contribution in [0.15, 0.2) is 71.7 Å². The molecule has 0 aliphatic rings. The van der Waals surface area contributed by atoms with Gasteiger partial charge in [0, 0.05) is 34.3 Å². The van der Waals surface area contributed by atoms with Crippen molar-refractivity contribution in [3.63, 3.8) is 0 Å². The van der Waals surface area contributed by atoms with Crippen LogP contribution in [-0.2, 0) is 0 Å². The molecular weight excluding hydrogens is 601 g/mol. The molecule has 16 heteroatoms. The molecule has 214 valence electrons. The second-order valence-corrected chi connectivity index (χ2v) is 9.57. The van der Waals surface area contributed by atoms with Crippen LogP contribution in [0.5, 0.6) is 0 Å². The second kappa shape index (κ2) is 11.9. The Morgan fingerprint density at radius 3 is 1.56 bits per heavy atom. The summed E-state index contributed by atoms with van der Waals surface area (Å²) in [7, 11) is 0. The average molecular weight is 617 g/mol. The molecule has 0 spiro atoms. The lowest BCUT2D eigenvalue weighted by atomic mass is 10.1. The number of rotatable bonds is 4. The first-order valence-corrected chi connectivity index (χ1v) is 12.6. The predicted octanol–water partition coefficient (Wildman–Crippen LogP) is 7.15. The number of imidazole rings is 2. The number of thiazole rings is 2. The first kappa shape index (κ1) is 31.0. The minimum Gasteiger partial charge on any atom is -0.476 e. The van der Waals surface area contributed by atoms with Gasteiger partial charge in [0.1, 0.15) is 28.7 Å². The highest BCUT2D eigenvalue weighted by Crippen LogP contribution is 2.33. The van der Waals surface area contributed by atoms with E-state index in [9.17, 15) is 36.6 Å². The van der Waals surface area contributed by atoms with E-state index >= 15 is 0 Å². The lowest BCUT2D eigenvalue weighted by Gasteiger charge is -2.07. The Morgan fingerprint density at radius 1 is 0.732 bits per heavy atom. The Hall–Kier alpha value is -4.57. The number of hydrogen-bond acceptors (Lipinski definition) is 6.